The average Bonchev–Trinajstić information content (AvgIpc) is 2.34. The first-order valence-electron chi connectivity index (χ1n) is 2.94. The van der Waals surface area contributed by atoms with Gasteiger partial charge in [0.1, 0.15) is 11.9 Å². The van der Waals surface area contributed by atoms with E-state index in [-0.39, 0.29) is 6.04 Å². The molecular weight excluding hydrogens is 128 g/mol. The van der Waals surface area contributed by atoms with Crippen molar-refractivity contribution in [1.29, 1.82) is 5.26 Å². The summed E-state index contributed by atoms with van der Waals surface area (Å²) in [6.45, 7) is 1.76. The number of hydrogen-bond acceptors (Lipinski definition) is 3. The SMILES string of the molecule is CC(C#N)n1ccc(N)n1. The minimum Gasteiger partial charge on any atom is -0.382 e. The normalized spacial score (nSPS) is 12.4. The van der Waals surface area contributed by atoms with Crippen LogP contribution in [-0.4, -0.2) is 9.78 Å². The Hall–Kier alpha value is -1.50. The van der Waals surface area contributed by atoms with Crippen LogP contribution in [0.15, 0.2) is 12.3 Å². The van der Waals surface area contributed by atoms with Crippen molar-refractivity contribution >= 4 is 5.82 Å². The standard InChI is InChI=1S/C6H8N4/c1-5(4-7)10-3-2-6(8)9-10/h2-3,5H,1H3,(H2,8,9). The largest absolute Gasteiger partial charge is 0.382 e. The third-order valence-corrected chi connectivity index (χ3v) is 1.21. The van der Waals surface area contributed by atoms with Gasteiger partial charge in [0.15, 0.2) is 0 Å². The van der Waals surface area contributed by atoms with Gasteiger partial charge in [-0.15, -0.1) is 0 Å². The number of rotatable bonds is 1. The molecule has 0 aliphatic heterocycles. The first-order chi connectivity index (χ1) is 4.74. The lowest BCUT2D eigenvalue weighted by molar-refractivity contribution is 0.593. The zero-order valence-corrected chi connectivity index (χ0v) is 5.65. The zero-order valence-electron chi connectivity index (χ0n) is 5.65. The van der Waals surface area contributed by atoms with Gasteiger partial charge < -0.3 is 5.73 Å². The molecule has 0 bridgehead atoms. The van der Waals surface area contributed by atoms with Crippen molar-refractivity contribution in [3.63, 3.8) is 0 Å². The molecule has 0 radical (unpaired) electrons. The second-order valence-electron chi connectivity index (χ2n) is 2.03. The Kier molecular flexibility index (Phi) is 1.59. The number of nitrogens with two attached hydrogens (primary N) is 1. The fourth-order valence-corrected chi connectivity index (χ4v) is 0.628. The zero-order chi connectivity index (χ0) is 7.56. The predicted octanol–water partition coefficient (Wildman–Crippen LogP) is 0.550. The molecule has 0 fully saturated rings. The Labute approximate surface area is 58.9 Å². The Bertz CT molecular complexity index is 257. The fourth-order valence-electron chi connectivity index (χ4n) is 0.628. The van der Waals surface area contributed by atoms with Crippen LogP contribution in [0.3, 0.4) is 0 Å². The van der Waals surface area contributed by atoms with Crippen molar-refractivity contribution in [2.24, 2.45) is 0 Å². The van der Waals surface area contributed by atoms with Crippen molar-refractivity contribution in [2.75, 3.05) is 5.73 Å². The topological polar surface area (TPSA) is 67.6 Å². The quantitative estimate of drug-likeness (QED) is 0.613. The maximum absolute atomic E-state index is 8.45. The van der Waals surface area contributed by atoms with Crippen LogP contribution < -0.4 is 5.73 Å². The summed E-state index contributed by atoms with van der Waals surface area (Å²) in [4.78, 5) is 0. The van der Waals surface area contributed by atoms with E-state index in [4.69, 9.17) is 11.0 Å². The summed E-state index contributed by atoms with van der Waals surface area (Å²) in [6.07, 6.45) is 1.68. The molecule has 0 saturated carbocycles. The third-order valence-electron chi connectivity index (χ3n) is 1.21. The van der Waals surface area contributed by atoms with E-state index >= 15 is 0 Å². The maximum Gasteiger partial charge on any atom is 0.145 e. The molecule has 1 atom stereocenters. The summed E-state index contributed by atoms with van der Waals surface area (Å²) in [7, 11) is 0. The molecule has 1 rings (SSSR count). The number of hydrogen-bond donors (Lipinski definition) is 1. The summed E-state index contributed by atoms with van der Waals surface area (Å²) in [5, 5.41) is 12.3. The van der Waals surface area contributed by atoms with E-state index in [0.29, 0.717) is 5.82 Å². The lowest BCUT2D eigenvalue weighted by atomic mass is 10.4. The lowest BCUT2D eigenvalue weighted by Gasteiger charge is -1.99. The van der Waals surface area contributed by atoms with Gasteiger partial charge in [-0.1, -0.05) is 0 Å². The average molecular weight is 136 g/mol. The minimum absolute atomic E-state index is 0.239. The van der Waals surface area contributed by atoms with E-state index in [2.05, 4.69) is 5.10 Å². The highest BCUT2D eigenvalue weighted by molar-refractivity contribution is 5.24. The molecule has 0 spiro atoms. The smallest absolute Gasteiger partial charge is 0.145 e. The summed E-state index contributed by atoms with van der Waals surface area (Å²) in [6, 6.07) is 3.46. The van der Waals surface area contributed by atoms with Crippen LogP contribution in [0.2, 0.25) is 0 Å². The van der Waals surface area contributed by atoms with Gasteiger partial charge in [0.2, 0.25) is 0 Å². The van der Waals surface area contributed by atoms with Gasteiger partial charge in [0.25, 0.3) is 0 Å². The minimum atomic E-state index is -0.239. The van der Waals surface area contributed by atoms with E-state index in [1.165, 1.54) is 4.68 Å². The number of nitriles is 1. The summed E-state index contributed by atoms with van der Waals surface area (Å²) in [5.41, 5.74) is 5.33. The molecule has 1 unspecified atom stereocenters. The Balaban J connectivity index is 2.87. The molecule has 1 heterocycles. The predicted molar refractivity (Wildman–Crippen MR) is 37.0 cm³/mol. The Morgan fingerprint density at radius 3 is 3.00 bits per heavy atom. The number of nitrogens with zero attached hydrogens (tertiary/aromatic N) is 3. The van der Waals surface area contributed by atoms with E-state index in [1.807, 2.05) is 6.07 Å². The van der Waals surface area contributed by atoms with Gasteiger partial charge in [0.05, 0.1) is 6.07 Å². The molecule has 4 nitrogen and oxygen atoms in total. The Morgan fingerprint density at radius 2 is 2.60 bits per heavy atom. The van der Waals surface area contributed by atoms with E-state index in [0.717, 1.165) is 0 Å². The van der Waals surface area contributed by atoms with E-state index < -0.39 is 0 Å². The highest BCUT2D eigenvalue weighted by Gasteiger charge is 2.01. The highest BCUT2D eigenvalue weighted by Crippen LogP contribution is 2.03. The number of anilines is 1. The molecule has 0 saturated heterocycles. The van der Waals surface area contributed by atoms with Gasteiger partial charge in [-0.3, -0.25) is 4.68 Å². The molecule has 2 N–H and O–H groups in total. The van der Waals surface area contributed by atoms with Crippen LogP contribution in [0.25, 0.3) is 0 Å². The second kappa shape index (κ2) is 2.40. The van der Waals surface area contributed by atoms with E-state index in [9.17, 15) is 0 Å². The van der Waals surface area contributed by atoms with Crippen molar-refractivity contribution in [2.45, 2.75) is 13.0 Å². The van der Waals surface area contributed by atoms with Gasteiger partial charge in [-0.05, 0) is 13.0 Å². The molecule has 0 aliphatic carbocycles. The van der Waals surface area contributed by atoms with Crippen molar-refractivity contribution < 1.29 is 0 Å². The monoisotopic (exact) mass is 136 g/mol. The third kappa shape index (κ3) is 1.08. The van der Waals surface area contributed by atoms with Crippen LogP contribution >= 0.6 is 0 Å². The van der Waals surface area contributed by atoms with Gasteiger partial charge in [0, 0.05) is 6.20 Å². The first-order valence-corrected chi connectivity index (χ1v) is 2.94. The molecule has 0 amide bonds. The summed E-state index contributed by atoms with van der Waals surface area (Å²) < 4.78 is 1.52. The van der Waals surface area contributed by atoms with Crippen molar-refractivity contribution in [3.8, 4) is 6.07 Å². The van der Waals surface area contributed by atoms with E-state index in [1.54, 1.807) is 19.2 Å². The van der Waals surface area contributed by atoms with Crippen molar-refractivity contribution in [1.82, 2.24) is 9.78 Å². The van der Waals surface area contributed by atoms with Gasteiger partial charge >= 0.3 is 0 Å². The summed E-state index contributed by atoms with van der Waals surface area (Å²) in [5.74, 6) is 0.446. The molecule has 0 aromatic carbocycles. The first kappa shape index (κ1) is 6.62. The van der Waals surface area contributed by atoms with Gasteiger partial charge in [-0.2, -0.15) is 10.4 Å². The second-order valence-corrected chi connectivity index (χ2v) is 2.03. The number of aromatic nitrogens is 2. The molecule has 52 valence electrons. The van der Waals surface area contributed by atoms with Crippen LogP contribution in [-0.2, 0) is 0 Å². The number of nitrogen functional groups attached to an aromatic ring is 1. The van der Waals surface area contributed by atoms with Gasteiger partial charge in [-0.25, -0.2) is 0 Å². The Morgan fingerprint density at radius 1 is 1.90 bits per heavy atom. The molecule has 0 aliphatic rings. The highest BCUT2D eigenvalue weighted by atomic mass is 15.3. The summed E-state index contributed by atoms with van der Waals surface area (Å²) >= 11 is 0. The van der Waals surface area contributed by atoms with Crippen LogP contribution in [0.4, 0.5) is 5.82 Å². The molecule has 10 heavy (non-hydrogen) atoms. The molecule has 1 aromatic rings. The lowest BCUT2D eigenvalue weighted by Crippen LogP contribution is -2.03. The molecular formula is C6H8N4. The van der Waals surface area contributed by atoms with Crippen molar-refractivity contribution in [3.05, 3.63) is 12.3 Å². The van der Waals surface area contributed by atoms with Crippen LogP contribution in [0.5, 0.6) is 0 Å². The molecule has 1 aromatic heterocycles. The molecule has 4 heteroatoms. The maximum atomic E-state index is 8.45. The van der Waals surface area contributed by atoms with Crippen LogP contribution in [0.1, 0.15) is 13.0 Å². The fraction of sp³-hybridized carbons (Fsp3) is 0.333. The van der Waals surface area contributed by atoms with Crippen LogP contribution in [0, 0.1) is 11.3 Å².